The maximum absolute atomic E-state index is 5.42. The molecule has 0 aromatic heterocycles. The lowest BCUT2D eigenvalue weighted by atomic mass is 9.94. The molecule has 0 aliphatic rings. The molecule has 0 heterocycles. The molecule has 0 bridgehead atoms. The molecule has 2 rings (SSSR count). The van der Waals surface area contributed by atoms with Gasteiger partial charge in [0.05, 0.1) is 7.11 Å². The van der Waals surface area contributed by atoms with Gasteiger partial charge in [-0.3, -0.25) is 0 Å². The van der Waals surface area contributed by atoms with Crippen molar-refractivity contribution in [1.82, 2.24) is 0 Å². The molecule has 0 saturated heterocycles. The molecule has 0 N–H and O–H groups in total. The van der Waals surface area contributed by atoms with Gasteiger partial charge in [0.2, 0.25) is 0 Å². The highest BCUT2D eigenvalue weighted by atomic mass is 79.9. The third-order valence-electron chi connectivity index (χ3n) is 3.35. The highest BCUT2D eigenvalue weighted by molar-refractivity contribution is 9.09. The Hall–Kier alpha value is -1.28. The lowest BCUT2D eigenvalue weighted by Crippen LogP contribution is -2.08. The molecule has 0 aliphatic carbocycles. The molecule has 19 heavy (non-hydrogen) atoms. The summed E-state index contributed by atoms with van der Waals surface area (Å²) in [5, 5.41) is 0. The number of hydrogen-bond acceptors (Lipinski definition) is 1. The van der Waals surface area contributed by atoms with Gasteiger partial charge in [-0.05, 0) is 29.5 Å². The van der Waals surface area contributed by atoms with Gasteiger partial charge < -0.3 is 4.74 Å². The van der Waals surface area contributed by atoms with Crippen molar-refractivity contribution in [2.24, 2.45) is 5.92 Å². The van der Waals surface area contributed by atoms with E-state index in [0.29, 0.717) is 10.7 Å². The monoisotopic (exact) mass is 318 g/mol. The third kappa shape index (κ3) is 3.60. The Morgan fingerprint density at radius 3 is 2.32 bits per heavy atom. The number of para-hydroxylation sites is 1. The van der Waals surface area contributed by atoms with Crippen LogP contribution in [-0.4, -0.2) is 7.11 Å². The molecular weight excluding hydrogens is 300 g/mol. The molecule has 0 amide bonds. The number of methoxy groups -OCH3 is 1. The number of rotatable bonds is 5. The fraction of sp³-hybridized carbons (Fsp3) is 0.294. The van der Waals surface area contributed by atoms with E-state index in [1.807, 2.05) is 18.2 Å². The Kier molecular flexibility index (Phi) is 5.03. The van der Waals surface area contributed by atoms with E-state index >= 15 is 0 Å². The van der Waals surface area contributed by atoms with E-state index in [1.165, 1.54) is 11.1 Å². The molecule has 1 nitrogen and oxygen atoms in total. The predicted octanol–water partition coefficient (Wildman–Crippen LogP) is 5.01. The van der Waals surface area contributed by atoms with Gasteiger partial charge in [-0.15, -0.1) is 0 Å². The van der Waals surface area contributed by atoms with Crippen LogP contribution in [-0.2, 0) is 6.42 Å². The first-order chi connectivity index (χ1) is 9.22. The van der Waals surface area contributed by atoms with Crippen LogP contribution in [0.3, 0.4) is 0 Å². The van der Waals surface area contributed by atoms with Crippen molar-refractivity contribution in [1.29, 1.82) is 0 Å². The normalized spacial score (nSPS) is 13.8. The lowest BCUT2D eigenvalue weighted by Gasteiger charge is -2.20. The summed E-state index contributed by atoms with van der Waals surface area (Å²) in [6.45, 7) is 2.26. The zero-order valence-electron chi connectivity index (χ0n) is 11.3. The van der Waals surface area contributed by atoms with E-state index in [4.69, 9.17) is 4.74 Å². The number of ether oxygens (including phenoxy) is 1. The van der Waals surface area contributed by atoms with E-state index in [0.717, 1.165) is 12.2 Å². The van der Waals surface area contributed by atoms with Gasteiger partial charge in [0, 0.05) is 4.83 Å². The van der Waals surface area contributed by atoms with Crippen molar-refractivity contribution in [2.45, 2.75) is 18.2 Å². The van der Waals surface area contributed by atoms with Crippen LogP contribution in [0, 0.1) is 5.92 Å². The fourth-order valence-corrected chi connectivity index (χ4v) is 2.78. The van der Waals surface area contributed by atoms with Crippen LogP contribution in [0.2, 0.25) is 0 Å². The Morgan fingerprint density at radius 1 is 1.00 bits per heavy atom. The largest absolute Gasteiger partial charge is 0.496 e. The van der Waals surface area contributed by atoms with E-state index in [2.05, 4.69) is 59.3 Å². The minimum atomic E-state index is 0.360. The van der Waals surface area contributed by atoms with E-state index in [9.17, 15) is 0 Å². The van der Waals surface area contributed by atoms with Crippen LogP contribution < -0.4 is 4.74 Å². The minimum absolute atomic E-state index is 0.360. The van der Waals surface area contributed by atoms with Gasteiger partial charge in [0.25, 0.3) is 0 Å². The van der Waals surface area contributed by atoms with Crippen molar-refractivity contribution in [3.63, 3.8) is 0 Å². The SMILES string of the molecule is COc1ccccc1CC(C)C(Br)c1ccccc1. The van der Waals surface area contributed by atoms with Crippen LogP contribution in [0.5, 0.6) is 5.75 Å². The van der Waals surface area contributed by atoms with Gasteiger partial charge in [0.1, 0.15) is 5.75 Å². The lowest BCUT2D eigenvalue weighted by molar-refractivity contribution is 0.405. The number of hydrogen-bond donors (Lipinski definition) is 0. The van der Waals surface area contributed by atoms with Gasteiger partial charge in [-0.2, -0.15) is 0 Å². The Morgan fingerprint density at radius 2 is 1.63 bits per heavy atom. The molecule has 2 atom stereocenters. The molecule has 0 spiro atoms. The third-order valence-corrected chi connectivity index (χ3v) is 4.78. The summed E-state index contributed by atoms with van der Waals surface area (Å²) < 4.78 is 5.42. The Labute approximate surface area is 123 Å². The second kappa shape index (κ2) is 6.76. The molecule has 100 valence electrons. The summed E-state index contributed by atoms with van der Waals surface area (Å²) in [4.78, 5) is 0.360. The van der Waals surface area contributed by atoms with Crippen LogP contribution in [0.25, 0.3) is 0 Å². The smallest absolute Gasteiger partial charge is 0.122 e. The summed E-state index contributed by atoms with van der Waals surface area (Å²) >= 11 is 3.81. The number of halogens is 1. The zero-order chi connectivity index (χ0) is 13.7. The summed E-state index contributed by atoms with van der Waals surface area (Å²) in [5.41, 5.74) is 2.59. The van der Waals surface area contributed by atoms with Gasteiger partial charge in [-0.25, -0.2) is 0 Å². The molecule has 0 aliphatic heterocycles. The topological polar surface area (TPSA) is 9.23 Å². The van der Waals surface area contributed by atoms with E-state index < -0.39 is 0 Å². The van der Waals surface area contributed by atoms with Gasteiger partial charge in [-0.1, -0.05) is 71.4 Å². The van der Waals surface area contributed by atoms with Crippen molar-refractivity contribution in [3.05, 3.63) is 65.7 Å². The predicted molar refractivity (Wildman–Crippen MR) is 84.0 cm³/mol. The maximum atomic E-state index is 5.42. The molecular formula is C17H19BrO. The average molecular weight is 319 g/mol. The highest BCUT2D eigenvalue weighted by Crippen LogP contribution is 2.34. The molecule has 2 heteroatoms. The summed E-state index contributed by atoms with van der Waals surface area (Å²) in [6.07, 6.45) is 0.995. The average Bonchev–Trinajstić information content (AvgIpc) is 2.48. The van der Waals surface area contributed by atoms with Gasteiger partial charge in [0.15, 0.2) is 0 Å². The van der Waals surface area contributed by atoms with E-state index in [-0.39, 0.29) is 0 Å². The van der Waals surface area contributed by atoms with Crippen molar-refractivity contribution in [3.8, 4) is 5.75 Å². The molecule has 0 saturated carbocycles. The summed E-state index contributed by atoms with van der Waals surface area (Å²) in [7, 11) is 1.73. The van der Waals surface area contributed by atoms with Crippen LogP contribution >= 0.6 is 15.9 Å². The first-order valence-electron chi connectivity index (χ1n) is 6.53. The maximum Gasteiger partial charge on any atom is 0.122 e. The molecule has 0 radical (unpaired) electrons. The molecule has 0 fully saturated rings. The van der Waals surface area contributed by atoms with Crippen molar-refractivity contribution in [2.75, 3.05) is 7.11 Å². The summed E-state index contributed by atoms with van der Waals surface area (Å²) in [6, 6.07) is 18.8. The van der Waals surface area contributed by atoms with Crippen LogP contribution in [0.1, 0.15) is 22.9 Å². The zero-order valence-corrected chi connectivity index (χ0v) is 12.9. The second-order valence-corrected chi connectivity index (χ2v) is 5.79. The number of alkyl halides is 1. The van der Waals surface area contributed by atoms with Crippen LogP contribution in [0.4, 0.5) is 0 Å². The first-order valence-corrected chi connectivity index (χ1v) is 7.45. The van der Waals surface area contributed by atoms with Crippen molar-refractivity contribution < 1.29 is 4.74 Å². The molecule has 2 unspecified atom stereocenters. The van der Waals surface area contributed by atoms with Gasteiger partial charge >= 0.3 is 0 Å². The fourth-order valence-electron chi connectivity index (χ4n) is 2.29. The Balaban J connectivity index is 2.10. The first kappa shape index (κ1) is 14.1. The minimum Gasteiger partial charge on any atom is -0.496 e. The molecule has 2 aromatic carbocycles. The highest BCUT2D eigenvalue weighted by Gasteiger charge is 2.17. The van der Waals surface area contributed by atoms with E-state index in [1.54, 1.807) is 7.11 Å². The van der Waals surface area contributed by atoms with Crippen LogP contribution in [0.15, 0.2) is 54.6 Å². The quantitative estimate of drug-likeness (QED) is 0.704. The standard InChI is InChI=1S/C17H19BrO/c1-13(17(18)14-8-4-3-5-9-14)12-15-10-6-7-11-16(15)19-2/h3-11,13,17H,12H2,1-2H3. The van der Waals surface area contributed by atoms with Crippen molar-refractivity contribution >= 4 is 15.9 Å². The molecule has 2 aromatic rings. The number of benzene rings is 2. The second-order valence-electron chi connectivity index (χ2n) is 4.81. The Bertz CT molecular complexity index is 510. The summed E-state index contributed by atoms with van der Waals surface area (Å²) in [5.74, 6) is 1.47.